The zero-order valence-corrected chi connectivity index (χ0v) is 16.7. The Labute approximate surface area is 161 Å². The number of sulfonamides is 1. The van der Waals surface area contributed by atoms with Crippen molar-refractivity contribution in [1.29, 1.82) is 0 Å². The Morgan fingerprint density at radius 3 is 2.37 bits per heavy atom. The molecule has 2 aromatic rings. The predicted octanol–water partition coefficient (Wildman–Crippen LogP) is 3.02. The highest BCUT2D eigenvalue weighted by atomic mass is 32.2. The van der Waals surface area contributed by atoms with Crippen LogP contribution in [0.15, 0.2) is 59.5 Å². The molecule has 6 heteroatoms. The van der Waals surface area contributed by atoms with Crippen LogP contribution in [0.3, 0.4) is 0 Å². The van der Waals surface area contributed by atoms with Gasteiger partial charge >= 0.3 is 0 Å². The molecule has 0 radical (unpaired) electrons. The standard InChI is InChI=1S/C21H26N2O3S/c1-18-17-20(10-11-21(18)26-2)27(24,25)23-15-13-22(14-16-23)12-6-9-19-7-4-3-5-8-19/h3-11,17H,12-16H2,1-2H3/b9-6-. The van der Waals surface area contributed by atoms with Crippen LogP contribution >= 0.6 is 0 Å². The summed E-state index contributed by atoms with van der Waals surface area (Å²) in [5.41, 5.74) is 2.00. The number of nitrogens with zero attached hydrogens (tertiary/aromatic N) is 2. The van der Waals surface area contributed by atoms with E-state index in [4.69, 9.17) is 4.74 Å². The Balaban J connectivity index is 1.58. The van der Waals surface area contributed by atoms with Crippen molar-refractivity contribution >= 4 is 16.1 Å². The van der Waals surface area contributed by atoms with E-state index >= 15 is 0 Å². The van der Waals surface area contributed by atoms with Crippen molar-refractivity contribution in [1.82, 2.24) is 9.21 Å². The van der Waals surface area contributed by atoms with Gasteiger partial charge in [-0.25, -0.2) is 8.42 Å². The first-order valence-electron chi connectivity index (χ1n) is 9.09. The average molecular weight is 387 g/mol. The van der Waals surface area contributed by atoms with Crippen LogP contribution in [0.25, 0.3) is 6.08 Å². The van der Waals surface area contributed by atoms with Crippen molar-refractivity contribution < 1.29 is 13.2 Å². The van der Waals surface area contributed by atoms with Crippen LogP contribution in [0.1, 0.15) is 11.1 Å². The molecule has 2 aromatic carbocycles. The van der Waals surface area contributed by atoms with E-state index < -0.39 is 10.0 Å². The first-order chi connectivity index (χ1) is 13.0. The Bertz CT molecular complexity index is 887. The number of hydrogen-bond acceptors (Lipinski definition) is 4. The van der Waals surface area contributed by atoms with Gasteiger partial charge in [0.05, 0.1) is 12.0 Å². The van der Waals surface area contributed by atoms with E-state index in [0.29, 0.717) is 23.7 Å². The number of piperazine rings is 1. The van der Waals surface area contributed by atoms with Gasteiger partial charge < -0.3 is 4.74 Å². The van der Waals surface area contributed by atoms with Crippen LogP contribution in [0.2, 0.25) is 0 Å². The third-order valence-corrected chi connectivity index (χ3v) is 6.70. The molecule has 0 bridgehead atoms. The van der Waals surface area contributed by atoms with Crippen molar-refractivity contribution in [2.75, 3.05) is 39.8 Å². The number of ether oxygens (including phenoxy) is 1. The van der Waals surface area contributed by atoms with Gasteiger partial charge in [0.25, 0.3) is 0 Å². The van der Waals surface area contributed by atoms with E-state index in [1.165, 1.54) is 5.56 Å². The minimum Gasteiger partial charge on any atom is -0.496 e. The molecule has 27 heavy (non-hydrogen) atoms. The molecule has 0 atom stereocenters. The molecule has 5 nitrogen and oxygen atoms in total. The van der Waals surface area contributed by atoms with Gasteiger partial charge in [-0.1, -0.05) is 42.5 Å². The molecular formula is C21H26N2O3S. The van der Waals surface area contributed by atoms with Gasteiger partial charge in [0.1, 0.15) is 5.75 Å². The zero-order valence-electron chi connectivity index (χ0n) is 15.8. The molecule has 0 amide bonds. The lowest BCUT2D eigenvalue weighted by atomic mass is 10.2. The molecule has 1 aliphatic heterocycles. The van der Waals surface area contributed by atoms with Gasteiger partial charge in [0, 0.05) is 32.7 Å². The Kier molecular flexibility index (Phi) is 6.31. The second-order valence-electron chi connectivity index (χ2n) is 6.65. The Morgan fingerprint density at radius 2 is 1.74 bits per heavy atom. The smallest absolute Gasteiger partial charge is 0.243 e. The molecule has 1 heterocycles. The van der Waals surface area contributed by atoms with Crippen LogP contribution < -0.4 is 4.74 Å². The summed E-state index contributed by atoms with van der Waals surface area (Å²) in [4.78, 5) is 2.60. The van der Waals surface area contributed by atoms with E-state index in [9.17, 15) is 8.42 Å². The van der Waals surface area contributed by atoms with Gasteiger partial charge in [-0.15, -0.1) is 0 Å². The third-order valence-electron chi connectivity index (χ3n) is 4.81. The Morgan fingerprint density at radius 1 is 1.04 bits per heavy atom. The summed E-state index contributed by atoms with van der Waals surface area (Å²) in [6.45, 7) is 5.15. The molecule has 1 aliphatic rings. The highest BCUT2D eigenvalue weighted by Gasteiger charge is 2.28. The highest BCUT2D eigenvalue weighted by Crippen LogP contribution is 2.24. The largest absolute Gasteiger partial charge is 0.496 e. The van der Waals surface area contributed by atoms with Crippen molar-refractivity contribution in [3.05, 3.63) is 65.7 Å². The number of rotatable bonds is 6. The molecule has 0 aliphatic carbocycles. The summed E-state index contributed by atoms with van der Waals surface area (Å²) in [7, 11) is -1.88. The number of methoxy groups -OCH3 is 1. The first kappa shape index (κ1) is 19.6. The minimum atomic E-state index is -3.46. The maximum atomic E-state index is 12.9. The second-order valence-corrected chi connectivity index (χ2v) is 8.59. The predicted molar refractivity (Wildman–Crippen MR) is 108 cm³/mol. The van der Waals surface area contributed by atoms with Crippen LogP contribution in [0, 0.1) is 6.92 Å². The lowest BCUT2D eigenvalue weighted by Crippen LogP contribution is -2.48. The summed E-state index contributed by atoms with van der Waals surface area (Å²) in [5.74, 6) is 0.698. The van der Waals surface area contributed by atoms with Crippen molar-refractivity contribution in [2.45, 2.75) is 11.8 Å². The fourth-order valence-electron chi connectivity index (χ4n) is 3.21. The Hall–Kier alpha value is -2.15. The molecule has 3 rings (SSSR count). The van der Waals surface area contributed by atoms with E-state index in [1.807, 2.05) is 25.1 Å². The topological polar surface area (TPSA) is 49.9 Å². The highest BCUT2D eigenvalue weighted by molar-refractivity contribution is 7.89. The SMILES string of the molecule is COc1ccc(S(=O)(=O)N2CCN(C/C=C\c3ccccc3)CC2)cc1C. The van der Waals surface area contributed by atoms with Gasteiger partial charge in [0.15, 0.2) is 0 Å². The fraction of sp³-hybridized carbons (Fsp3) is 0.333. The second kappa shape index (κ2) is 8.69. The van der Waals surface area contributed by atoms with Gasteiger partial charge in [-0.2, -0.15) is 4.31 Å². The summed E-state index contributed by atoms with van der Waals surface area (Å²) in [5, 5.41) is 0. The molecule has 144 valence electrons. The zero-order chi connectivity index (χ0) is 19.3. The average Bonchev–Trinajstić information content (AvgIpc) is 2.69. The van der Waals surface area contributed by atoms with E-state index in [-0.39, 0.29) is 0 Å². The lowest BCUT2D eigenvalue weighted by molar-refractivity contribution is 0.204. The van der Waals surface area contributed by atoms with Gasteiger partial charge in [-0.05, 0) is 36.2 Å². The van der Waals surface area contributed by atoms with Gasteiger partial charge in [0.2, 0.25) is 10.0 Å². The molecule has 0 N–H and O–H groups in total. The minimum absolute atomic E-state index is 0.332. The van der Waals surface area contributed by atoms with Crippen molar-refractivity contribution in [3.63, 3.8) is 0 Å². The van der Waals surface area contributed by atoms with Crippen LogP contribution in [0.5, 0.6) is 5.75 Å². The number of aryl methyl sites for hydroxylation is 1. The summed E-state index contributed by atoms with van der Waals surface area (Å²) in [6.07, 6.45) is 4.23. The van der Waals surface area contributed by atoms with E-state index in [2.05, 4.69) is 29.2 Å². The maximum absolute atomic E-state index is 12.9. The normalized spacial score (nSPS) is 16.7. The van der Waals surface area contributed by atoms with E-state index in [0.717, 1.165) is 25.2 Å². The molecule has 1 saturated heterocycles. The van der Waals surface area contributed by atoms with Crippen molar-refractivity contribution in [3.8, 4) is 5.75 Å². The van der Waals surface area contributed by atoms with Crippen molar-refractivity contribution in [2.24, 2.45) is 0 Å². The maximum Gasteiger partial charge on any atom is 0.243 e. The molecule has 0 aromatic heterocycles. The summed E-state index contributed by atoms with van der Waals surface area (Å²) < 4.78 is 32.6. The lowest BCUT2D eigenvalue weighted by Gasteiger charge is -2.33. The fourth-order valence-corrected chi connectivity index (χ4v) is 4.72. The summed E-state index contributed by atoms with van der Waals surface area (Å²) >= 11 is 0. The molecular weight excluding hydrogens is 360 g/mol. The molecule has 0 spiro atoms. The third kappa shape index (κ3) is 4.77. The molecule has 1 fully saturated rings. The quantitative estimate of drug-likeness (QED) is 0.766. The van der Waals surface area contributed by atoms with Gasteiger partial charge in [-0.3, -0.25) is 4.90 Å². The molecule has 0 unspecified atom stereocenters. The van der Waals surface area contributed by atoms with Crippen LogP contribution in [-0.4, -0.2) is 57.5 Å². The summed E-state index contributed by atoms with van der Waals surface area (Å²) in [6, 6.07) is 15.2. The van der Waals surface area contributed by atoms with E-state index in [1.54, 1.807) is 29.6 Å². The first-order valence-corrected chi connectivity index (χ1v) is 10.5. The number of benzene rings is 2. The van der Waals surface area contributed by atoms with Crippen LogP contribution in [-0.2, 0) is 10.0 Å². The molecule has 0 saturated carbocycles. The monoisotopic (exact) mass is 386 g/mol. The number of hydrogen-bond donors (Lipinski definition) is 0. The van der Waals surface area contributed by atoms with Crippen LogP contribution in [0.4, 0.5) is 0 Å².